The molecule has 0 N–H and O–H groups in total. The van der Waals surface area contributed by atoms with Gasteiger partial charge in [-0.1, -0.05) is 12.1 Å². The van der Waals surface area contributed by atoms with E-state index in [1.807, 2.05) is 12.2 Å². The van der Waals surface area contributed by atoms with Crippen LogP contribution in [0.3, 0.4) is 0 Å². The number of ether oxygens (including phenoxy) is 5. The van der Waals surface area contributed by atoms with E-state index in [2.05, 4.69) is 0 Å². The van der Waals surface area contributed by atoms with Crippen LogP contribution in [0, 0.1) is 0 Å². The fourth-order valence-corrected chi connectivity index (χ4v) is 2.91. The van der Waals surface area contributed by atoms with Crippen molar-refractivity contribution >= 4 is 5.78 Å². The lowest BCUT2D eigenvalue weighted by atomic mass is 9.92. The minimum Gasteiger partial charge on any atom is -0.497 e. The maximum absolute atomic E-state index is 12.7. The van der Waals surface area contributed by atoms with Gasteiger partial charge in [0.1, 0.15) is 5.76 Å². The predicted octanol–water partition coefficient (Wildman–Crippen LogP) is 3.29. The number of carbonyl (C=O) groups excluding carboxylic acids is 1. The Morgan fingerprint density at radius 1 is 1.04 bits per heavy atom. The molecule has 1 aliphatic rings. The molecule has 1 atom stereocenters. The zero-order valence-electron chi connectivity index (χ0n) is 15.7. The van der Waals surface area contributed by atoms with Gasteiger partial charge in [-0.3, -0.25) is 4.79 Å². The number of benzene rings is 1. The van der Waals surface area contributed by atoms with Gasteiger partial charge in [0.2, 0.25) is 0 Å². The fraction of sp³-hybridized carbons (Fsp3) is 0.350. The first-order chi connectivity index (χ1) is 12.6. The number of rotatable bonds is 8. The number of ketones is 1. The lowest BCUT2D eigenvalue weighted by Crippen LogP contribution is -2.33. The fourth-order valence-electron chi connectivity index (χ4n) is 2.91. The molecule has 140 valence electrons. The molecule has 0 radical (unpaired) electrons. The molecule has 1 unspecified atom stereocenters. The predicted molar refractivity (Wildman–Crippen MR) is 97.6 cm³/mol. The first-order valence-corrected chi connectivity index (χ1v) is 8.05. The summed E-state index contributed by atoms with van der Waals surface area (Å²) in [6.45, 7) is 0. The van der Waals surface area contributed by atoms with Crippen molar-refractivity contribution in [2.24, 2.45) is 0 Å². The number of allylic oxidation sites excluding steroid dienone is 2. The molecule has 0 heterocycles. The van der Waals surface area contributed by atoms with Crippen molar-refractivity contribution in [3.05, 3.63) is 59.6 Å². The average Bonchev–Trinajstić information content (AvgIpc) is 2.70. The van der Waals surface area contributed by atoms with Crippen molar-refractivity contribution in [2.45, 2.75) is 12.0 Å². The van der Waals surface area contributed by atoms with Gasteiger partial charge in [-0.15, -0.1) is 0 Å². The number of hydrogen-bond acceptors (Lipinski definition) is 6. The Kier molecular flexibility index (Phi) is 6.46. The molecule has 0 aliphatic heterocycles. The molecule has 2 rings (SSSR count). The van der Waals surface area contributed by atoms with Crippen LogP contribution in [0.1, 0.15) is 16.8 Å². The molecule has 26 heavy (non-hydrogen) atoms. The molecule has 1 aliphatic carbocycles. The Hall–Kier alpha value is -2.73. The zero-order valence-corrected chi connectivity index (χ0v) is 15.7. The van der Waals surface area contributed by atoms with E-state index in [1.54, 1.807) is 45.6 Å². The molecule has 1 aromatic carbocycles. The normalized spacial score (nSPS) is 19.6. The van der Waals surface area contributed by atoms with Crippen LogP contribution in [0.2, 0.25) is 0 Å². The second kappa shape index (κ2) is 8.58. The minimum absolute atomic E-state index is 0.245. The standard InChI is InChI=1S/C20H24O6/c1-22-16-9-6-8-14(18(16)24-3)15(21)11-13-20(26-5)12-7-10-17(23-2)19(20)25-4/h6-9,11-13H,10H2,1-5H3/b13-11+. The van der Waals surface area contributed by atoms with E-state index < -0.39 is 5.60 Å². The quantitative estimate of drug-likeness (QED) is 0.403. The van der Waals surface area contributed by atoms with E-state index in [4.69, 9.17) is 23.7 Å². The molecule has 0 bridgehead atoms. The van der Waals surface area contributed by atoms with Crippen molar-refractivity contribution in [2.75, 3.05) is 35.5 Å². The van der Waals surface area contributed by atoms with Gasteiger partial charge < -0.3 is 23.7 Å². The maximum Gasteiger partial charge on any atom is 0.189 e. The van der Waals surface area contributed by atoms with Gasteiger partial charge in [-0.2, -0.15) is 0 Å². The van der Waals surface area contributed by atoms with Crippen molar-refractivity contribution in [3.63, 3.8) is 0 Å². The largest absolute Gasteiger partial charge is 0.497 e. The van der Waals surface area contributed by atoms with Gasteiger partial charge in [0.15, 0.2) is 28.6 Å². The first kappa shape index (κ1) is 19.6. The first-order valence-electron chi connectivity index (χ1n) is 8.05. The van der Waals surface area contributed by atoms with Crippen LogP contribution in [0.25, 0.3) is 0 Å². The highest BCUT2D eigenvalue weighted by molar-refractivity contribution is 6.07. The Balaban J connectivity index is 2.41. The average molecular weight is 360 g/mol. The van der Waals surface area contributed by atoms with Crippen LogP contribution in [0.5, 0.6) is 11.5 Å². The number of methoxy groups -OCH3 is 5. The second-order valence-electron chi connectivity index (χ2n) is 5.50. The number of para-hydroxylation sites is 1. The Bertz CT molecular complexity index is 747. The van der Waals surface area contributed by atoms with Crippen LogP contribution in [-0.4, -0.2) is 46.9 Å². The lowest BCUT2D eigenvalue weighted by Gasteiger charge is -2.31. The number of hydrogen-bond donors (Lipinski definition) is 0. The van der Waals surface area contributed by atoms with E-state index in [9.17, 15) is 4.79 Å². The lowest BCUT2D eigenvalue weighted by molar-refractivity contribution is 0.0394. The molecule has 0 saturated carbocycles. The SMILES string of the molecule is COC1=C(OC)C(/C=C/C(=O)c2cccc(OC)c2OC)(OC)C=CC1. The monoisotopic (exact) mass is 360 g/mol. The third kappa shape index (κ3) is 3.60. The molecule has 0 saturated heterocycles. The van der Waals surface area contributed by atoms with Gasteiger partial charge in [0.25, 0.3) is 0 Å². The summed E-state index contributed by atoms with van der Waals surface area (Å²) in [6.07, 6.45) is 7.41. The number of carbonyl (C=O) groups is 1. The highest BCUT2D eigenvalue weighted by Crippen LogP contribution is 2.35. The van der Waals surface area contributed by atoms with Crippen LogP contribution in [-0.2, 0) is 14.2 Å². The summed E-state index contributed by atoms with van der Waals surface area (Å²) in [4.78, 5) is 12.7. The van der Waals surface area contributed by atoms with E-state index in [1.165, 1.54) is 20.3 Å². The molecule has 0 fully saturated rings. The van der Waals surface area contributed by atoms with E-state index in [0.29, 0.717) is 35.0 Å². The maximum atomic E-state index is 12.7. The highest BCUT2D eigenvalue weighted by Gasteiger charge is 2.36. The molecule has 6 heteroatoms. The van der Waals surface area contributed by atoms with Gasteiger partial charge in [0, 0.05) is 13.5 Å². The van der Waals surface area contributed by atoms with Crippen molar-refractivity contribution in [1.82, 2.24) is 0 Å². The minimum atomic E-state index is -1.01. The van der Waals surface area contributed by atoms with Crippen molar-refractivity contribution in [1.29, 1.82) is 0 Å². The molecular formula is C20H24O6. The Morgan fingerprint density at radius 3 is 2.38 bits per heavy atom. The molecular weight excluding hydrogens is 336 g/mol. The van der Waals surface area contributed by atoms with Crippen molar-refractivity contribution in [3.8, 4) is 11.5 Å². The van der Waals surface area contributed by atoms with Crippen molar-refractivity contribution < 1.29 is 28.5 Å². The summed E-state index contributed by atoms with van der Waals surface area (Å²) in [6, 6.07) is 5.15. The molecule has 6 nitrogen and oxygen atoms in total. The van der Waals surface area contributed by atoms with Gasteiger partial charge in [0.05, 0.1) is 34.0 Å². The highest BCUT2D eigenvalue weighted by atomic mass is 16.5. The Morgan fingerprint density at radius 2 is 1.81 bits per heavy atom. The van der Waals surface area contributed by atoms with E-state index in [0.717, 1.165) is 0 Å². The van der Waals surface area contributed by atoms with E-state index in [-0.39, 0.29) is 5.78 Å². The Labute approximate surface area is 153 Å². The molecule has 1 aromatic rings. The van der Waals surface area contributed by atoms with Gasteiger partial charge in [-0.05, 0) is 30.4 Å². The summed E-state index contributed by atoms with van der Waals surface area (Å²) in [5.41, 5.74) is -0.621. The molecule has 0 spiro atoms. The molecule has 0 amide bonds. The van der Waals surface area contributed by atoms with Gasteiger partial charge >= 0.3 is 0 Å². The summed E-state index contributed by atoms with van der Waals surface area (Å²) < 4.78 is 27.1. The third-order valence-electron chi connectivity index (χ3n) is 4.22. The van der Waals surface area contributed by atoms with Crippen LogP contribution in [0.15, 0.2) is 54.0 Å². The molecule has 0 aromatic heterocycles. The topological polar surface area (TPSA) is 63.2 Å². The zero-order chi connectivity index (χ0) is 19.2. The smallest absolute Gasteiger partial charge is 0.189 e. The third-order valence-corrected chi connectivity index (χ3v) is 4.22. The van der Waals surface area contributed by atoms with Crippen LogP contribution in [0.4, 0.5) is 0 Å². The summed E-state index contributed by atoms with van der Waals surface area (Å²) in [7, 11) is 7.68. The summed E-state index contributed by atoms with van der Waals surface area (Å²) >= 11 is 0. The summed E-state index contributed by atoms with van der Waals surface area (Å²) in [5.74, 6) is 1.78. The summed E-state index contributed by atoms with van der Waals surface area (Å²) in [5, 5.41) is 0. The van der Waals surface area contributed by atoms with E-state index >= 15 is 0 Å². The second-order valence-corrected chi connectivity index (χ2v) is 5.50. The van der Waals surface area contributed by atoms with Gasteiger partial charge in [-0.25, -0.2) is 0 Å². The van der Waals surface area contributed by atoms with Crippen LogP contribution < -0.4 is 9.47 Å². The van der Waals surface area contributed by atoms with Crippen LogP contribution >= 0.6 is 0 Å².